The summed E-state index contributed by atoms with van der Waals surface area (Å²) in [7, 11) is 3.36. The third-order valence-corrected chi connectivity index (χ3v) is 4.98. The molecule has 2 heterocycles. The normalized spacial score (nSPS) is 15.7. The van der Waals surface area contributed by atoms with Gasteiger partial charge < -0.3 is 14.5 Å². The second kappa shape index (κ2) is 9.13. The Morgan fingerprint density at radius 3 is 2.56 bits per heavy atom. The smallest absolute Gasteiger partial charge is 0.166 e. The molecule has 0 saturated heterocycles. The molecule has 3 rings (SSSR count). The minimum Gasteiger partial charge on any atom is -0.497 e. The third kappa shape index (κ3) is 5.16. The van der Waals surface area contributed by atoms with Crippen molar-refractivity contribution in [3.05, 3.63) is 41.3 Å². The first kappa shape index (κ1) is 21.1. The number of benzene rings is 1. The Morgan fingerprint density at radius 1 is 1.15 bits per heavy atom. The molecule has 0 unspecified atom stereocenters. The minimum atomic E-state index is -0.130. The Balaban J connectivity index is 0.00000126. The van der Waals surface area contributed by atoms with E-state index in [1.807, 2.05) is 45.2 Å². The van der Waals surface area contributed by atoms with Crippen molar-refractivity contribution in [2.24, 2.45) is 10.4 Å². The highest BCUT2D eigenvalue weighted by Gasteiger charge is 2.20. The Labute approximate surface area is 166 Å². The highest BCUT2D eigenvalue weighted by molar-refractivity contribution is 7.99. The number of thioether (sulfide) groups is 1. The lowest BCUT2D eigenvalue weighted by Crippen LogP contribution is -2.09. The van der Waals surface area contributed by atoms with Crippen LogP contribution in [-0.2, 0) is 4.74 Å². The van der Waals surface area contributed by atoms with Crippen molar-refractivity contribution in [1.82, 2.24) is 9.97 Å². The van der Waals surface area contributed by atoms with E-state index in [1.54, 1.807) is 26.0 Å². The molecule has 0 saturated carbocycles. The standard InChI is InChI=1S/C19H23N3O2S.C2H6/c1-12-16(20-11-19(2,3)9-17(12)24-5)10-25-18-21-14-7-6-13(23-4)8-15(14)22-18;1-2/h6-9,11H,10H2,1-5H3,(H,21,22);1-2H3. The molecule has 1 aromatic heterocycles. The summed E-state index contributed by atoms with van der Waals surface area (Å²) >= 11 is 1.63. The molecule has 27 heavy (non-hydrogen) atoms. The zero-order valence-electron chi connectivity index (χ0n) is 17.2. The van der Waals surface area contributed by atoms with Gasteiger partial charge in [0.05, 0.1) is 31.0 Å². The lowest BCUT2D eigenvalue weighted by molar-refractivity contribution is 0.295. The average Bonchev–Trinajstić information content (AvgIpc) is 3.04. The van der Waals surface area contributed by atoms with Crippen LogP contribution in [-0.4, -0.2) is 36.2 Å². The molecule has 2 aromatic rings. The fraction of sp³-hybridized carbons (Fsp3) is 0.429. The SMILES string of the molecule is CC.COC1=CC(C)(C)C=NC(CSc2nc3ccc(OC)cc3[nH]2)=C1C. The number of aliphatic imine (C=N–C) groups is 1. The number of hydrogen-bond donors (Lipinski definition) is 1. The van der Waals surface area contributed by atoms with Gasteiger partial charge in [0.15, 0.2) is 5.16 Å². The molecule has 146 valence electrons. The van der Waals surface area contributed by atoms with Gasteiger partial charge in [-0.1, -0.05) is 39.5 Å². The number of imidazole rings is 1. The van der Waals surface area contributed by atoms with E-state index in [4.69, 9.17) is 14.5 Å². The Kier molecular flexibility index (Phi) is 7.13. The van der Waals surface area contributed by atoms with Crippen molar-refractivity contribution in [3.63, 3.8) is 0 Å². The summed E-state index contributed by atoms with van der Waals surface area (Å²) in [5.41, 5.74) is 3.83. The number of nitrogens with one attached hydrogen (secondary N) is 1. The van der Waals surface area contributed by atoms with E-state index in [1.165, 1.54) is 0 Å². The van der Waals surface area contributed by atoms with E-state index in [2.05, 4.69) is 29.9 Å². The summed E-state index contributed by atoms with van der Waals surface area (Å²) in [6.45, 7) is 10.3. The van der Waals surface area contributed by atoms with Gasteiger partial charge in [-0.25, -0.2) is 4.98 Å². The predicted octanol–water partition coefficient (Wildman–Crippen LogP) is 5.60. The molecular weight excluding hydrogens is 358 g/mol. The van der Waals surface area contributed by atoms with Gasteiger partial charge in [-0.05, 0) is 25.1 Å². The van der Waals surface area contributed by atoms with Gasteiger partial charge in [0, 0.05) is 29.0 Å². The van der Waals surface area contributed by atoms with Gasteiger partial charge in [0.1, 0.15) is 11.5 Å². The third-order valence-electron chi connectivity index (χ3n) is 4.09. The lowest BCUT2D eigenvalue weighted by Gasteiger charge is -2.14. The number of aromatic nitrogens is 2. The maximum atomic E-state index is 5.55. The number of rotatable bonds is 5. The molecular formula is C21H29N3O2S. The van der Waals surface area contributed by atoms with E-state index >= 15 is 0 Å². The average molecular weight is 388 g/mol. The second-order valence-electron chi connectivity index (χ2n) is 6.58. The molecule has 0 aliphatic carbocycles. The number of fused-ring (bicyclic) bond motifs is 1. The zero-order chi connectivity index (χ0) is 20.0. The number of H-pyrrole nitrogens is 1. The van der Waals surface area contributed by atoms with Gasteiger partial charge in [-0.3, -0.25) is 4.99 Å². The topological polar surface area (TPSA) is 59.5 Å². The van der Waals surface area contributed by atoms with Crippen molar-refractivity contribution in [2.45, 2.75) is 39.8 Å². The van der Waals surface area contributed by atoms with E-state index in [0.29, 0.717) is 0 Å². The summed E-state index contributed by atoms with van der Waals surface area (Å²) in [5.74, 6) is 2.42. The molecule has 1 aromatic carbocycles. The molecule has 1 N–H and O–H groups in total. The number of nitrogens with zero attached hydrogens (tertiary/aromatic N) is 2. The van der Waals surface area contributed by atoms with Gasteiger partial charge in [0.25, 0.3) is 0 Å². The molecule has 0 spiro atoms. The van der Waals surface area contributed by atoms with E-state index in [9.17, 15) is 0 Å². The van der Waals surface area contributed by atoms with Crippen LogP contribution in [0.3, 0.4) is 0 Å². The summed E-state index contributed by atoms with van der Waals surface area (Å²) in [5, 5.41) is 0.866. The number of ether oxygens (including phenoxy) is 2. The van der Waals surface area contributed by atoms with Gasteiger partial charge in [-0.15, -0.1) is 0 Å². The van der Waals surface area contributed by atoms with Crippen LogP contribution in [0.1, 0.15) is 34.6 Å². The predicted molar refractivity (Wildman–Crippen MR) is 115 cm³/mol. The first-order chi connectivity index (χ1) is 12.9. The van der Waals surface area contributed by atoms with Gasteiger partial charge in [0.2, 0.25) is 0 Å². The van der Waals surface area contributed by atoms with Crippen LogP contribution in [0, 0.1) is 5.41 Å². The molecule has 1 aliphatic heterocycles. The van der Waals surface area contributed by atoms with Gasteiger partial charge in [-0.2, -0.15) is 0 Å². The van der Waals surface area contributed by atoms with Crippen molar-refractivity contribution >= 4 is 29.0 Å². The number of allylic oxidation sites excluding steroid dienone is 2. The van der Waals surface area contributed by atoms with Crippen LogP contribution >= 0.6 is 11.8 Å². The van der Waals surface area contributed by atoms with E-state index in [0.717, 1.165) is 44.7 Å². The fourth-order valence-corrected chi connectivity index (χ4v) is 3.53. The summed E-state index contributed by atoms with van der Waals surface area (Å²) in [6, 6.07) is 5.82. The van der Waals surface area contributed by atoms with Crippen LogP contribution in [0.25, 0.3) is 11.0 Å². The second-order valence-corrected chi connectivity index (χ2v) is 7.54. The Hall–Kier alpha value is -2.21. The van der Waals surface area contributed by atoms with Crippen molar-refractivity contribution in [1.29, 1.82) is 0 Å². The molecule has 0 bridgehead atoms. The molecule has 0 fully saturated rings. The molecule has 0 radical (unpaired) electrons. The minimum absolute atomic E-state index is 0.130. The zero-order valence-corrected chi connectivity index (χ0v) is 18.0. The maximum absolute atomic E-state index is 5.55. The summed E-state index contributed by atoms with van der Waals surface area (Å²) in [6.07, 6.45) is 4.08. The lowest BCUT2D eigenvalue weighted by atomic mass is 9.94. The molecule has 5 nitrogen and oxygen atoms in total. The maximum Gasteiger partial charge on any atom is 0.166 e. The van der Waals surface area contributed by atoms with Crippen molar-refractivity contribution < 1.29 is 9.47 Å². The van der Waals surface area contributed by atoms with Crippen molar-refractivity contribution in [3.8, 4) is 5.75 Å². The molecule has 1 aliphatic rings. The Morgan fingerprint density at radius 2 is 1.89 bits per heavy atom. The van der Waals surface area contributed by atoms with E-state index < -0.39 is 0 Å². The highest BCUT2D eigenvalue weighted by atomic mass is 32.2. The first-order valence-electron chi connectivity index (χ1n) is 9.10. The van der Waals surface area contributed by atoms with Crippen LogP contribution in [0.4, 0.5) is 0 Å². The molecule has 6 heteroatoms. The largest absolute Gasteiger partial charge is 0.497 e. The summed E-state index contributed by atoms with van der Waals surface area (Å²) < 4.78 is 10.8. The van der Waals surface area contributed by atoms with E-state index in [-0.39, 0.29) is 5.41 Å². The number of aromatic amines is 1. The number of methoxy groups -OCH3 is 2. The van der Waals surface area contributed by atoms with Gasteiger partial charge >= 0.3 is 0 Å². The van der Waals surface area contributed by atoms with Crippen LogP contribution in [0.2, 0.25) is 0 Å². The quantitative estimate of drug-likeness (QED) is 0.678. The molecule has 0 atom stereocenters. The van der Waals surface area contributed by atoms with Crippen LogP contribution < -0.4 is 4.74 Å². The molecule has 0 amide bonds. The Bertz CT molecular complexity index is 879. The summed E-state index contributed by atoms with van der Waals surface area (Å²) in [4.78, 5) is 12.6. The van der Waals surface area contributed by atoms with Crippen LogP contribution in [0.15, 0.2) is 51.5 Å². The fourth-order valence-electron chi connectivity index (χ4n) is 2.62. The number of hydrogen-bond acceptors (Lipinski definition) is 5. The van der Waals surface area contributed by atoms with Crippen molar-refractivity contribution in [2.75, 3.05) is 20.0 Å². The van der Waals surface area contributed by atoms with Crippen LogP contribution in [0.5, 0.6) is 5.75 Å². The first-order valence-corrected chi connectivity index (χ1v) is 10.1. The monoisotopic (exact) mass is 387 g/mol. The highest BCUT2D eigenvalue weighted by Crippen LogP contribution is 2.30.